The third-order valence-corrected chi connectivity index (χ3v) is 3.37. The standard InChI is InChI=1S/C18H18N2O7/c1-25-12-8-6-11(7-9-12)19-18(24)20-15(21)10-27-17(23)13-4-3-5-14(26-2)16(13)22/h3-9,22H,10H2,1-2H3,(H2,19,20,21,24). The van der Waals surface area contributed by atoms with Gasteiger partial charge in [-0.15, -0.1) is 0 Å². The smallest absolute Gasteiger partial charge is 0.342 e. The molecule has 2 aromatic carbocycles. The molecule has 3 N–H and O–H groups in total. The molecule has 0 aliphatic heterocycles. The van der Waals surface area contributed by atoms with E-state index in [9.17, 15) is 19.5 Å². The number of carbonyl (C=O) groups excluding carboxylic acids is 3. The number of aromatic hydroxyl groups is 1. The fraction of sp³-hybridized carbons (Fsp3) is 0.167. The number of ether oxygens (including phenoxy) is 3. The van der Waals surface area contributed by atoms with Crippen LogP contribution in [-0.2, 0) is 9.53 Å². The molecule has 0 aliphatic carbocycles. The molecule has 2 rings (SSSR count). The summed E-state index contributed by atoms with van der Waals surface area (Å²) < 4.78 is 14.7. The summed E-state index contributed by atoms with van der Waals surface area (Å²) in [5, 5.41) is 14.3. The van der Waals surface area contributed by atoms with Crippen LogP contribution >= 0.6 is 0 Å². The van der Waals surface area contributed by atoms with Crippen molar-refractivity contribution < 1.29 is 33.7 Å². The minimum atomic E-state index is -0.933. The van der Waals surface area contributed by atoms with Crippen molar-refractivity contribution in [2.75, 3.05) is 26.1 Å². The normalized spacial score (nSPS) is 9.85. The first-order valence-electron chi connectivity index (χ1n) is 7.72. The Labute approximate surface area is 154 Å². The van der Waals surface area contributed by atoms with E-state index in [1.807, 2.05) is 5.32 Å². The largest absolute Gasteiger partial charge is 0.504 e. The number of methoxy groups -OCH3 is 2. The van der Waals surface area contributed by atoms with Crippen LogP contribution in [0.5, 0.6) is 17.2 Å². The molecule has 0 aromatic heterocycles. The van der Waals surface area contributed by atoms with E-state index < -0.39 is 30.3 Å². The fourth-order valence-electron chi connectivity index (χ4n) is 2.06. The minimum absolute atomic E-state index is 0.0905. The molecular formula is C18H18N2O7. The molecule has 0 radical (unpaired) electrons. The quantitative estimate of drug-likeness (QED) is 0.660. The number of para-hydroxylation sites is 1. The minimum Gasteiger partial charge on any atom is -0.504 e. The lowest BCUT2D eigenvalue weighted by Gasteiger charge is -2.09. The molecule has 0 aliphatic rings. The lowest BCUT2D eigenvalue weighted by Crippen LogP contribution is -2.37. The molecule has 9 nitrogen and oxygen atoms in total. The number of esters is 1. The Balaban J connectivity index is 1.84. The topological polar surface area (TPSA) is 123 Å². The van der Waals surface area contributed by atoms with Crippen LogP contribution < -0.4 is 20.1 Å². The summed E-state index contributed by atoms with van der Waals surface area (Å²) in [6, 6.07) is 9.93. The van der Waals surface area contributed by atoms with E-state index in [4.69, 9.17) is 14.2 Å². The third kappa shape index (κ3) is 5.36. The summed E-state index contributed by atoms with van der Waals surface area (Å²) in [7, 11) is 2.85. The molecule has 0 spiro atoms. The van der Waals surface area contributed by atoms with Crippen LogP contribution in [0.4, 0.5) is 10.5 Å². The number of carbonyl (C=O) groups is 3. The van der Waals surface area contributed by atoms with Crippen LogP contribution in [0.15, 0.2) is 42.5 Å². The molecule has 27 heavy (non-hydrogen) atoms. The van der Waals surface area contributed by atoms with Gasteiger partial charge in [-0.25, -0.2) is 9.59 Å². The van der Waals surface area contributed by atoms with Crippen molar-refractivity contribution in [2.24, 2.45) is 0 Å². The van der Waals surface area contributed by atoms with E-state index in [1.54, 1.807) is 24.3 Å². The highest BCUT2D eigenvalue weighted by atomic mass is 16.5. The zero-order valence-corrected chi connectivity index (χ0v) is 14.6. The number of rotatable bonds is 6. The van der Waals surface area contributed by atoms with Crippen molar-refractivity contribution >= 4 is 23.6 Å². The van der Waals surface area contributed by atoms with Gasteiger partial charge in [0.15, 0.2) is 18.1 Å². The van der Waals surface area contributed by atoms with E-state index in [0.29, 0.717) is 11.4 Å². The number of imide groups is 1. The van der Waals surface area contributed by atoms with Crippen LogP contribution in [0.3, 0.4) is 0 Å². The number of urea groups is 1. The average molecular weight is 374 g/mol. The average Bonchev–Trinajstić information content (AvgIpc) is 2.66. The number of phenolic OH excluding ortho intramolecular Hbond substituents is 1. The maximum absolute atomic E-state index is 11.9. The number of amides is 3. The Morgan fingerprint density at radius 2 is 1.70 bits per heavy atom. The SMILES string of the molecule is COc1ccc(NC(=O)NC(=O)COC(=O)c2cccc(OC)c2O)cc1. The summed E-state index contributed by atoms with van der Waals surface area (Å²) >= 11 is 0. The highest BCUT2D eigenvalue weighted by molar-refractivity contribution is 6.02. The molecule has 9 heteroatoms. The molecule has 0 heterocycles. The lowest BCUT2D eigenvalue weighted by atomic mass is 10.2. The van der Waals surface area contributed by atoms with Gasteiger partial charge in [0.1, 0.15) is 11.3 Å². The van der Waals surface area contributed by atoms with Crippen LogP contribution in [0.1, 0.15) is 10.4 Å². The van der Waals surface area contributed by atoms with E-state index in [1.165, 1.54) is 32.4 Å². The zero-order chi connectivity index (χ0) is 19.8. The van der Waals surface area contributed by atoms with E-state index in [-0.39, 0.29) is 11.3 Å². The maximum atomic E-state index is 11.9. The number of benzene rings is 2. The summed E-state index contributed by atoms with van der Waals surface area (Å²) in [4.78, 5) is 35.4. The molecule has 0 atom stereocenters. The van der Waals surface area contributed by atoms with Crippen molar-refractivity contribution in [1.29, 1.82) is 0 Å². The van der Waals surface area contributed by atoms with Gasteiger partial charge >= 0.3 is 12.0 Å². The van der Waals surface area contributed by atoms with Gasteiger partial charge in [0.05, 0.1) is 14.2 Å². The van der Waals surface area contributed by atoms with E-state index >= 15 is 0 Å². The van der Waals surface area contributed by atoms with Crippen molar-refractivity contribution in [2.45, 2.75) is 0 Å². The summed E-state index contributed by atoms with van der Waals surface area (Å²) in [5.74, 6) is -1.46. The Hall–Kier alpha value is -3.75. The first-order chi connectivity index (χ1) is 12.9. The maximum Gasteiger partial charge on any atom is 0.342 e. The number of hydrogen-bond acceptors (Lipinski definition) is 7. The van der Waals surface area contributed by atoms with E-state index in [0.717, 1.165) is 0 Å². The van der Waals surface area contributed by atoms with Crippen LogP contribution in [-0.4, -0.2) is 43.8 Å². The Morgan fingerprint density at radius 1 is 1.00 bits per heavy atom. The molecule has 3 amide bonds. The third-order valence-electron chi connectivity index (χ3n) is 3.37. The molecule has 0 saturated heterocycles. The first-order valence-corrected chi connectivity index (χ1v) is 7.72. The number of phenols is 1. The number of hydrogen-bond donors (Lipinski definition) is 3. The summed E-state index contributed by atoms with van der Waals surface area (Å²) in [6.45, 7) is -0.703. The van der Waals surface area contributed by atoms with Gasteiger partial charge in [0, 0.05) is 5.69 Å². The van der Waals surface area contributed by atoms with Gasteiger partial charge in [-0.05, 0) is 36.4 Å². The Morgan fingerprint density at radius 3 is 2.33 bits per heavy atom. The van der Waals surface area contributed by atoms with Gasteiger partial charge in [-0.2, -0.15) is 0 Å². The van der Waals surface area contributed by atoms with Gasteiger partial charge in [0.25, 0.3) is 5.91 Å². The summed E-state index contributed by atoms with van der Waals surface area (Å²) in [5.41, 5.74) is 0.282. The fourth-order valence-corrected chi connectivity index (χ4v) is 2.06. The molecule has 142 valence electrons. The monoisotopic (exact) mass is 374 g/mol. The molecule has 0 saturated carbocycles. The van der Waals surface area contributed by atoms with Gasteiger partial charge in [0.2, 0.25) is 0 Å². The molecular weight excluding hydrogens is 356 g/mol. The van der Waals surface area contributed by atoms with Gasteiger partial charge < -0.3 is 24.6 Å². The molecule has 0 fully saturated rings. The second kappa shape index (κ2) is 9.09. The van der Waals surface area contributed by atoms with Crippen molar-refractivity contribution in [3.8, 4) is 17.2 Å². The summed E-state index contributed by atoms with van der Waals surface area (Å²) in [6.07, 6.45) is 0. The predicted octanol–water partition coefficient (Wildman–Crippen LogP) is 1.91. The first kappa shape index (κ1) is 19.6. The van der Waals surface area contributed by atoms with Crippen LogP contribution in [0, 0.1) is 0 Å². The number of anilines is 1. The van der Waals surface area contributed by atoms with Crippen LogP contribution in [0.25, 0.3) is 0 Å². The Bertz CT molecular complexity index is 834. The van der Waals surface area contributed by atoms with Gasteiger partial charge in [-0.3, -0.25) is 10.1 Å². The van der Waals surface area contributed by atoms with Crippen molar-refractivity contribution in [3.05, 3.63) is 48.0 Å². The molecule has 0 unspecified atom stereocenters. The zero-order valence-electron chi connectivity index (χ0n) is 14.6. The number of nitrogens with one attached hydrogen (secondary N) is 2. The van der Waals surface area contributed by atoms with Crippen molar-refractivity contribution in [1.82, 2.24) is 5.32 Å². The van der Waals surface area contributed by atoms with Crippen molar-refractivity contribution in [3.63, 3.8) is 0 Å². The molecule has 2 aromatic rings. The van der Waals surface area contributed by atoms with Crippen LogP contribution in [0.2, 0.25) is 0 Å². The lowest BCUT2D eigenvalue weighted by molar-refractivity contribution is -0.123. The highest BCUT2D eigenvalue weighted by Crippen LogP contribution is 2.29. The van der Waals surface area contributed by atoms with Gasteiger partial charge in [-0.1, -0.05) is 6.07 Å². The second-order valence-electron chi connectivity index (χ2n) is 5.16. The Kier molecular flexibility index (Phi) is 6.59. The predicted molar refractivity (Wildman–Crippen MR) is 95.1 cm³/mol. The molecule has 0 bridgehead atoms. The highest BCUT2D eigenvalue weighted by Gasteiger charge is 2.18. The van der Waals surface area contributed by atoms with E-state index in [2.05, 4.69) is 5.32 Å². The second-order valence-corrected chi connectivity index (χ2v) is 5.16.